The molecule has 3 rings (SSSR count). The summed E-state index contributed by atoms with van der Waals surface area (Å²) in [4.78, 5) is 20.2. The van der Waals surface area contributed by atoms with Crippen molar-refractivity contribution in [3.8, 4) is 0 Å². The molecule has 2 aromatic rings. The predicted octanol–water partition coefficient (Wildman–Crippen LogP) is 5.20. The summed E-state index contributed by atoms with van der Waals surface area (Å²) in [5, 5.41) is 2.43. The number of carbonyl (C=O) groups is 1. The standard InChI is InChI=1S/C19H17ClF4N4OS/c1-2-18(7-8-26-17(25)30-18)12-9-10(3-5-13(12)21)27-16(29)15-11(19(22,23)24)4-6-14(20)28-15/h3-6,9H,2,7-8H2,1H3,(H2,25,26)(H,27,29)/t18-/m0/s1. The number of pyridine rings is 1. The van der Waals surface area contributed by atoms with Crippen molar-refractivity contribution in [1.29, 1.82) is 0 Å². The minimum atomic E-state index is -4.79. The van der Waals surface area contributed by atoms with Gasteiger partial charge in [-0.3, -0.25) is 9.79 Å². The highest BCUT2D eigenvalue weighted by atomic mass is 35.5. The Bertz CT molecular complexity index is 1010. The Morgan fingerprint density at radius 2 is 2.07 bits per heavy atom. The SMILES string of the molecule is CC[C@@]1(c2cc(NC(=O)c3nc(Cl)ccc3C(F)(F)F)ccc2F)CCN=C(N)S1. The summed E-state index contributed by atoms with van der Waals surface area (Å²) in [6.07, 6.45) is -3.73. The van der Waals surface area contributed by atoms with Crippen LogP contribution in [0.25, 0.3) is 0 Å². The van der Waals surface area contributed by atoms with Crippen molar-refractivity contribution in [3.63, 3.8) is 0 Å². The molecule has 1 aliphatic rings. The number of carbonyl (C=O) groups excluding carboxylic acids is 1. The summed E-state index contributed by atoms with van der Waals surface area (Å²) in [5.74, 6) is -1.61. The van der Waals surface area contributed by atoms with E-state index in [1.165, 1.54) is 23.9 Å². The molecule has 11 heteroatoms. The average Bonchev–Trinajstić information content (AvgIpc) is 2.68. The first-order chi connectivity index (χ1) is 14.1. The normalized spacial score (nSPS) is 19.3. The average molecular weight is 461 g/mol. The van der Waals surface area contributed by atoms with Crippen molar-refractivity contribution in [2.75, 3.05) is 11.9 Å². The van der Waals surface area contributed by atoms with Crippen LogP contribution in [0.3, 0.4) is 0 Å². The van der Waals surface area contributed by atoms with E-state index in [-0.39, 0.29) is 10.8 Å². The molecule has 0 fully saturated rings. The molecule has 1 aromatic carbocycles. The van der Waals surface area contributed by atoms with Gasteiger partial charge in [0.2, 0.25) is 0 Å². The van der Waals surface area contributed by atoms with Gasteiger partial charge in [-0.25, -0.2) is 9.37 Å². The zero-order chi connectivity index (χ0) is 22.1. The largest absolute Gasteiger partial charge is 0.418 e. The van der Waals surface area contributed by atoms with Gasteiger partial charge in [0.25, 0.3) is 5.91 Å². The van der Waals surface area contributed by atoms with Gasteiger partial charge < -0.3 is 11.1 Å². The third kappa shape index (κ3) is 4.54. The minimum absolute atomic E-state index is 0.126. The fourth-order valence-electron chi connectivity index (χ4n) is 3.24. The monoisotopic (exact) mass is 460 g/mol. The molecular weight excluding hydrogens is 444 g/mol. The van der Waals surface area contributed by atoms with Crippen molar-refractivity contribution in [2.24, 2.45) is 10.7 Å². The molecule has 0 bridgehead atoms. The number of halogens is 5. The molecule has 0 saturated heterocycles. The molecule has 1 aliphatic heterocycles. The Hall–Kier alpha value is -2.33. The molecule has 0 aliphatic carbocycles. The molecule has 0 spiro atoms. The van der Waals surface area contributed by atoms with Crippen molar-refractivity contribution in [3.05, 3.63) is 58.1 Å². The molecule has 30 heavy (non-hydrogen) atoms. The topological polar surface area (TPSA) is 80.4 Å². The van der Waals surface area contributed by atoms with Gasteiger partial charge in [-0.15, -0.1) is 0 Å². The van der Waals surface area contributed by atoms with Gasteiger partial charge >= 0.3 is 6.18 Å². The van der Waals surface area contributed by atoms with Crippen molar-refractivity contribution in [1.82, 2.24) is 4.98 Å². The molecule has 0 unspecified atom stereocenters. The Morgan fingerprint density at radius 3 is 2.70 bits per heavy atom. The number of rotatable bonds is 4. The lowest BCUT2D eigenvalue weighted by atomic mass is 9.91. The molecule has 3 N–H and O–H groups in total. The number of alkyl halides is 3. The summed E-state index contributed by atoms with van der Waals surface area (Å²) in [5.41, 5.74) is 4.17. The van der Waals surface area contributed by atoms with Gasteiger partial charge in [-0.1, -0.05) is 30.3 Å². The van der Waals surface area contributed by atoms with Crippen molar-refractivity contribution in [2.45, 2.75) is 30.7 Å². The maximum atomic E-state index is 14.7. The van der Waals surface area contributed by atoms with E-state index in [0.717, 1.165) is 12.1 Å². The van der Waals surface area contributed by atoms with Crippen LogP contribution in [0.15, 0.2) is 35.3 Å². The van der Waals surface area contributed by atoms with Crippen LogP contribution in [0.4, 0.5) is 23.2 Å². The van der Waals surface area contributed by atoms with Crippen molar-refractivity contribution < 1.29 is 22.4 Å². The van der Waals surface area contributed by atoms with E-state index in [2.05, 4.69) is 15.3 Å². The highest BCUT2D eigenvalue weighted by Gasteiger charge is 2.38. The highest BCUT2D eigenvalue weighted by Crippen LogP contribution is 2.46. The zero-order valence-corrected chi connectivity index (χ0v) is 17.3. The van der Waals surface area contributed by atoms with E-state index in [9.17, 15) is 22.4 Å². The molecule has 0 saturated carbocycles. The number of hydrogen-bond donors (Lipinski definition) is 2. The molecule has 2 heterocycles. The van der Waals surface area contributed by atoms with Crippen LogP contribution in [-0.2, 0) is 10.9 Å². The first-order valence-electron chi connectivity index (χ1n) is 8.90. The Balaban J connectivity index is 1.96. The van der Waals surface area contributed by atoms with Gasteiger partial charge in [-0.05, 0) is 43.2 Å². The number of amidine groups is 1. The van der Waals surface area contributed by atoms with E-state index in [1.807, 2.05) is 6.92 Å². The summed E-state index contributed by atoms with van der Waals surface area (Å²) in [6, 6.07) is 5.46. The number of hydrogen-bond acceptors (Lipinski definition) is 5. The maximum Gasteiger partial charge on any atom is 0.418 e. The molecule has 1 atom stereocenters. The second-order valence-corrected chi connectivity index (χ2v) is 8.39. The number of anilines is 1. The molecule has 1 amide bonds. The van der Waals surface area contributed by atoms with Crippen LogP contribution in [-0.4, -0.2) is 22.6 Å². The summed E-state index contributed by atoms with van der Waals surface area (Å²) < 4.78 is 53.7. The Morgan fingerprint density at radius 1 is 1.33 bits per heavy atom. The van der Waals surface area contributed by atoms with Crippen LogP contribution in [0.5, 0.6) is 0 Å². The number of aliphatic imine (C=N–C) groups is 1. The quantitative estimate of drug-likeness (QED) is 0.485. The van der Waals surface area contributed by atoms with E-state index >= 15 is 0 Å². The summed E-state index contributed by atoms with van der Waals surface area (Å²) in [7, 11) is 0. The fraction of sp³-hybridized carbons (Fsp3) is 0.316. The zero-order valence-electron chi connectivity index (χ0n) is 15.7. The second-order valence-electron chi connectivity index (χ2n) is 6.60. The van der Waals surface area contributed by atoms with Crippen LogP contribution in [0.1, 0.15) is 41.4 Å². The van der Waals surface area contributed by atoms with Crippen LogP contribution >= 0.6 is 23.4 Å². The number of nitrogens with one attached hydrogen (secondary N) is 1. The summed E-state index contributed by atoms with van der Waals surface area (Å²) >= 11 is 6.91. The minimum Gasteiger partial charge on any atom is -0.379 e. The van der Waals surface area contributed by atoms with E-state index in [0.29, 0.717) is 36.2 Å². The van der Waals surface area contributed by atoms with Crippen LogP contribution < -0.4 is 11.1 Å². The van der Waals surface area contributed by atoms with Gasteiger partial charge in [0, 0.05) is 17.8 Å². The summed E-state index contributed by atoms with van der Waals surface area (Å²) in [6.45, 7) is 2.30. The van der Waals surface area contributed by atoms with E-state index in [1.54, 1.807) is 0 Å². The second kappa shape index (κ2) is 8.43. The smallest absolute Gasteiger partial charge is 0.379 e. The third-order valence-corrected chi connectivity index (χ3v) is 6.40. The predicted molar refractivity (Wildman–Crippen MR) is 109 cm³/mol. The maximum absolute atomic E-state index is 14.7. The fourth-order valence-corrected chi connectivity index (χ4v) is 4.55. The highest BCUT2D eigenvalue weighted by molar-refractivity contribution is 8.14. The molecule has 0 radical (unpaired) electrons. The van der Waals surface area contributed by atoms with Crippen molar-refractivity contribution >= 4 is 40.1 Å². The molecule has 1 aromatic heterocycles. The van der Waals surface area contributed by atoms with E-state index < -0.39 is 33.9 Å². The Kier molecular flexibility index (Phi) is 6.28. The van der Waals surface area contributed by atoms with Gasteiger partial charge in [0.05, 0.1) is 10.3 Å². The van der Waals surface area contributed by atoms with Crippen LogP contribution in [0, 0.1) is 5.82 Å². The lowest BCUT2D eigenvalue weighted by Gasteiger charge is -2.35. The lowest BCUT2D eigenvalue weighted by molar-refractivity contribution is -0.138. The number of nitrogens with zero attached hydrogens (tertiary/aromatic N) is 2. The first kappa shape index (κ1) is 22.4. The van der Waals surface area contributed by atoms with Crippen LogP contribution in [0.2, 0.25) is 5.15 Å². The van der Waals surface area contributed by atoms with Gasteiger partial charge in [0.1, 0.15) is 16.7 Å². The molecular formula is C19H17ClF4N4OS. The van der Waals surface area contributed by atoms with Gasteiger partial charge in [-0.2, -0.15) is 13.2 Å². The number of benzene rings is 1. The number of aromatic nitrogens is 1. The van der Waals surface area contributed by atoms with E-state index in [4.69, 9.17) is 17.3 Å². The molecule has 160 valence electrons. The third-order valence-electron chi connectivity index (χ3n) is 4.75. The number of thioether (sulfide) groups is 1. The first-order valence-corrected chi connectivity index (χ1v) is 10.1. The Labute approximate surface area is 179 Å². The van der Waals surface area contributed by atoms with Gasteiger partial charge in [0.15, 0.2) is 5.17 Å². The lowest BCUT2D eigenvalue weighted by Crippen LogP contribution is -2.31. The molecule has 5 nitrogen and oxygen atoms in total. The number of amides is 1. The number of nitrogens with two attached hydrogens (primary N) is 1.